The predicted molar refractivity (Wildman–Crippen MR) is 79.1 cm³/mol. The summed E-state index contributed by atoms with van der Waals surface area (Å²) in [6.45, 7) is 8.70. The second kappa shape index (κ2) is 6.51. The summed E-state index contributed by atoms with van der Waals surface area (Å²) in [5.74, 6) is 0.645. The van der Waals surface area contributed by atoms with Crippen molar-refractivity contribution in [1.29, 1.82) is 0 Å². The Balaban J connectivity index is 2.08. The third kappa shape index (κ3) is 4.03. The fourth-order valence-corrected chi connectivity index (χ4v) is 2.98. The first-order valence-electron chi connectivity index (χ1n) is 7.17. The molecule has 3 nitrogen and oxygen atoms in total. The number of hydrogen-bond donors (Lipinski definition) is 1. The van der Waals surface area contributed by atoms with Crippen LogP contribution in [0.3, 0.4) is 0 Å². The number of hydrogen-bond acceptors (Lipinski definition) is 3. The lowest BCUT2D eigenvalue weighted by molar-refractivity contribution is 0.108. The lowest BCUT2D eigenvalue weighted by Crippen LogP contribution is -2.42. The van der Waals surface area contributed by atoms with Crippen molar-refractivity contribution in [3.05, 3.63) is 35.4 Å². The van der Waals surface area contributed by atoms with Gasteiger partial charge >= 0.3 is 0 Å². The van der Waals surface area contributed by atoms with Crippen LogP contribution < -0.4 is 0 Å². The van der Waals surface area contributed by atoms with Crippen LogP contribution in [0.2, 0.25) is 0 Å². The highest BCUT2D eigenvalue weighted by molar-refractivity contribution is 5.21. The Kier molecular flexibility index (Phi) is 4.97. The number of likely N-dealkylation sites (N-methyl/N-ethyl adjacent to an activating group) is 1. The van der Waals surface area contributed by atoms with E-state index in [2.05, 4.69) is 55.0 Å². The Morgan fingerprint density at radius 2 is 1.84 bits per heavy atom. The fraction of sp³-hybridized carbons (Fsp3) is 0.625. The summed E-state index contributed by atoms with van der Waals surface area (Å²) in [5.41, 5.74) is 2.63. The van der Waals surface area contributed by atoms with Crippen molar-refractivity contribution in [1.82, 2.24) is 9.80 Å². The molecule has 1 aromatic carbocycles. The molecule has 0 aromatic heterocycles. The lowest BCUT2D eigenvalue weighted by atomic mass is 10.1. The minimum absolute atomic E-state index is 0.239. The zero-order chi connectivity index (χ0) is 13.8. The first-order chi connectivity index (χ1) is 9.08. The standard InChI is InChI=1S/C16H26N2O/c1-13-4-6-15(7-5-13)10-18-9-14(2)8-17(3)11-16(18)12-19/h4-7,14,16,19H,8-12H2,1-3H3. The maximum atomic E-state index is 9.64. The van der Waals surface area contributed by atoms with Gasteiger partial charge in [-0.15, -0.1) is 0 Å². The normalized spacial score (nSPS) is 26.3. The highest BCUT2D eigenvalue weighted by Crippen LogP contribution is 2.16. The highest BCUT2D eigenvalue weighted by Gasteiger charge is 2.25. The van der Waals surface area contributed by atoms with E-state index >= 15 is 0 Å². The van der Waals surface area contributed by atoms with Crippen LogP contribution in [0.25, 0.3) is 0 Å². The highest BCUT2D eigenvalue weighted by atomic mass is 16.3. The SMILES string of the molecule is Cc1ccc(CN2CC(C)CN(C)CC2CO)cc1. The van der Waals surface area contributed by atoms with Crippen LogP contribution in [0, 0.1) is 12.8 Å². The molecule has 0 radical (unpaired) electrons. The van der Waals surface area contributed by atoms with Gasteiger partial charge in [0.05, 0.1) is 6.61 Å². The predicted octanol–water partition coefficient (Wildman–Crippen LogP) is 1.74. The summed E-state index contributed by atoms with van der Waals surface area (Å²) in [7, 11) is 2.15. The van der Waals surface area contributed by atoms with Crippen molar-refractivity contribution in [3.8, 4) is 0 Å². The molecule has 1 aliphatic rings. The lowest BCUT2D eigenvalue weighted by Gasteiger charge is -2.30. The van der Waals surface area contributed by atoms with E-state index in [0.29, 0.717) is 5.92 Å². The van der Waals surface area contributed by atoms with E-state index in [-0.39, 0.29) is 12.6 Å². The number of aryl methyl sites for hydroxylation is 1. The van der Waals surface area contributed by atoms with Crippen LogP contribution in [-0.4, -0.2) is 54.2 Å². The van der Waals surface area contributed by atoms with Gasteiger partial charge in [0.2, 0.25) is 0 Å². The average molecular weight is 262 g/mol. The van der Waals surface area contributed by atoms with Gasteiger partial charge in [0.25, 0.3) is 0 Å². The Hall–Kier alpha value is -0.900. The van der Waals surface area contributed by atoms with E-state index in [0.717, 1.165) is 26.2 Å². The molecule has 1 saturated heterocycles. The number of rotatable bonds is 3. The van der Waals surface area contributed by atoms with E-state index in [1.54, 1.807) is 0 Å². The van der Waals surface area contributed by atoms with Crippen LogP contribution in [0.15, 0.2) is 24.3 Å². The van der Waals surface area contributed by atoms with Gasteiger partial charge in [0.1, 0.15) is 0 Å². The Morgan fingerprint density at radius 1 is 1.16 bits per heavy atom. The number of aliphatic hydroxyl groups is 1. The van der Waals surface area contributed by atoms with Gasteiger partial charge in [-0.3, -0.25) is 4.90 Å². The first kappa shape index (κ1) is 14.5. The van der Waals surface area contributed by atoms with Crippen LogP contribution in [0.5, 0.6) is 0 Å². The minimum Gasteiger partial charge on any atom is -0.395 e. The summed E-state index contributed by atoms with van der Waals surface area (Å²) >= 11 is 0. The third-order valence-corrected chi connectivity index (χ3v) is 3.93. The summed E-state index contributed by atoms with van der Waals surface area (Å²) < 4.78 is 0. The molecular formula is C16H26N2O. The summed E-state index contributed by atoms with van der Waals surface area (Å²) in [6, 6.07) is 8.97. The molecule has 1 N–H and O–H groups in total. The van der Waals surface area contributed by atoms with Gasteiger partial charge in [-0.25, -0.2) is 0 Å². The maximum absolute atomic E-state index is 9.64. The van der Waals surface area contributed by atoms with Crippen molar-refractivity contribution in [3.63, 3.8) is 0 Å². The van der Waals surface area contributed by atoms with Gasteiger partial charge < -0.3 is 10.0 Å². The van der Waals surface area contributed by atoms with Crippen molar-refractivity contribution in [2.75, 3.05) is 33.3 Å². The minimum atomic E-state index is 0.239. The van der Waals surface area contributed by atoms with Crippen molar-refractivity contribution in [2.45, 2.75) is 26.4 Å². The molecule has 106 valence electrons. The molecule has 1 aromatic rings. The van der Waals surface area contributed by atoms with Crippen molar-refractivity contribution in [2.24, 2.45) is 5.92 Å². The monoisotopic (exact) mass is 262 g/mol. The maximum Gasteiger partial charge on any atom is 0.0599 e. The zero-order valence-electron chi connectivity index (χ0n) is 12.3. The van der Waals surface area contributed by atoms with Gasteiger partial charge in [0, 0.05) is 32.2 Å². The largest absolute Gasteiger partial charge is 0.395 e. The Morgan fingerprint density at radius 3 is 2.47 bits per heavy atom. The average Bonchev–Trinajstić information content (AvgIpc) is 2.50. The third-order valence-electron chi connectivity index (χ3n) is 3.93. The molecule has 3 heteroatoms. The van der Waals surface area contributed by atoms with Crippen LogP contribution >= 0.6 is 0 Å². The van der Waals surface area contributed by atoms with E-state index < -0.39 is 0 Å². The molecule has 2 atom stereocenters. The number of aliphatic hydroxyl groups excluding tert-OH is 1. The molecule has 2 unspecified atom stereocenters. The molecule has 2 rings (SSSR count). The number of nitrogens with zero attached hydrogens (tertiary/aromatic N) is 2. The molecule has 1 fully saturated rings. The van der Waals surface area contributed by atoms with Gasteiger partial charge in [-0.2, -0.15) is 0 Å². The smallest absolute Gasteiger partial charge is 0.0599 e. The van der Waals surface area contributed by atoms with Gasteiger partial charge in [0.15, 0.2) is 0 Å². The fourth-order valence-electron chi connectivity index (χ4n) is 2.98. The van der Waals surface area contributed by atoms with Crippen molar-refractivity contribution >= 4 is 0 Å². The molecule has 1 aliphatic heterocycles. The van der Waals surface area contributed by atoms with Gasteiger partial charge in [-0.1, -0.05) is 36.8 Å². The van der Waals surface area contributed by atoms with E-state index in [9.17, 15) is 5.11 Å². The molecule has 0 bridgehead atoms. The molecule has 0 amide bonds. The molecule has 0 saturated carbocycles. The quantitative estimate of drug-likeness (QED) is 0.899. The van der Waals surface area contributed by atoms with E-state index in [1.165, 1.54) is 11.1 Å². The second-order valence-corrected chi connectivity index (χ2v) is 6.08. The first-order valence-corrected chi connectivity index (χ1v) is 7.17. The Bertz CT molecular complexity index is 390. The summed E-state index contributed by atoms with van der Waals surface area (Å²) in [4.78, 5) is 4.76. The Labute approximate surface area is 116 Å². The topological polar surface area (TPSA) is 26.7 Å². The summed E-state index contributed by atoms with van der Waals surface area (Å²) in [6.07, 6.45) is 0. The van der Waals surface area contributed by atoms with Crippen LogP contribution in [-0.2, 0) is 6.54 Å². The van der Waals surface area contributed by atoms with Crippen LogP contribution in [0.1, 0.15) is 18.1 Å². The number of benzene rings is 1. The molecule has 1 heterocycles. The molecular weight excluding hydrogens is 236 g/mol. The summed E-state index contributed by atoms with van der Waals surface area (Å²) in [5, 5.41) is 9.64. The molecule has 0 aliphatic carbocycles. The zero-order valence-corrected chi connectivity index (χ0v) is 12.3. The second-order valence-electron chi connectivity index (χ2n) is 6.08. The molecule has 0 spiro atoms. The van der Waals surface area contributed by atoms with Crippen LogP contribution in [0.4, 0.5) is 0 Å². The van der Waals surface area contributed by atoms with Gasteiger partial charge in [-0.05, 0) is 25.5 Å². The van der Waals surface area contributed by atoms with Crippen molar-refractivity contribution < 1.29 is 5.11 Å². The molecule has 19 heavy (non-hydrogen) atoms. The van der Waals surface area contributed by atoms with E-state index in [4.69, 9.17) is 0 Å². The van der Waals surface area contributed by atoms with E-state index in [1.807, 2.05) is 0 Å².